The van der Waals surface area contributed by atoms with E-state index in [2.05, 4.69) is 0 Å². The summed E-state index contributed by atoms with van der Waals surface area (Å²) in [5.41, 5.74) is 0. The molecule has 2 N–H and O–H groups in total. The van der Waals surface area contributed by atoms with Crippen LogP contribution in [0, 0.1) is 0 Å². The zero-order valence-corrected chi connectivity index (χ0v) is 11.9. The van der Waals surface area contributed by atoms with Gasteiger partial charge < -0.3 is 0 Å². The standard InChI is InChI=1S/C9H21AsO4S/c11-8-4-2-1-3-6-10-7-5-9-15(12,13)14/h10-11H,1-9H2,(H,12,13,14). The van der Waals surface area contributed by atoms with E-state index in [1.807, 2.05) is 0 Å². The molecule has 1 atom stereocenters. The van der Waals surface area contributed by atoms with Crippen molar-refractivity contribution in [3.63, 3.8) is 0 Å². The van der Waals surface area contributed by atoms with Gasteiger partial charge in [-0.3, -0.25) is 0 Å². The van der Waals surface area contributed by atoms with E-state index in [1.165, 1.54) is 18.1 Å². The van der Waals surface area contributed by atoms with Crippen LogP contribution < -0.4 is 0 Å². The Bertz CT molecular complexity index is 228. The van der Waals surface area contributed by atoms with Crippen LogP contribution in [0.15, 0.2) is 0 Å². The number of hydrogen-bond donors (Lipinski definition) is 2. The zero-order chi connectivity index (χ0) is 11.6. The molecule has 0 aromatic heterocycles. The fraction of sp³-hybridized carbons (Fsp3) is 1.00. The molecule has 92 valence electrons. The molecule has 0 saturated heterocycles. The van der Waals surface area contributed by atoms with E-state index in [0.717, 1.165) is 18.1 Å². The quantitative estimate of drug-likeness (QED) is 0.360. The molecule has 0 aliphatic carbocycles. The fourth-order valence-electron chi connectivity index (χ4n) is 1.22. The molecule has 0 amide bonds. The normalized spacial score (nSPS) is 12.7. The molecule has 0 spiro atoms. The summed E-state index contributed by atoms with van der Waals surface area (Å²) in [6.07, 6.45) is 4.96. The van der Waals surface area contributed by atoms with Gasteiger partial charge in [0.25, 0.3) is 0 Å². The van der Waals surface area contributed by atoms with Crippen LogP contribution in [0.2, 0.25) is 10.4 Å². The van der Waals surface area contributed by atoms with Crippen LogP contribution >= 0.6 is 0 Å². The summed E-state index contributed by atoms with van der Waals surface area (Å²) in [6, 6.07) is 0. The van der Waals surface area contributed by atoms with E-state index in [4.69, 9.17) is 9.66 Å². The fourth-order valence-corrected chi connectivity index (χ4v) is 4.74. The van der Waals surface area contributed by atoms with E-state index >= 15 is 0 Å². The number of aliphatic hydroxyl groups excluding tert-OH is 1. The number of aliphatic hydroxyl groups is 1. The van der Waals surface area contributed by atoms with Crippen molar-refractivity contribution in [3.05, 3.63) is 0 Å². The third-order valence-electron chi connectivity index (χ3n) is 2.02. The Labute approximate surface area is 98.9 Å². The van der Waals surface area contributed by atoms with Crippen LogP contribution in [0.3, 0.4) is 0 Å². The van der Waals surface area contributed by atoms with Crippen molar-refractivity contribution < 1.29 is 18.1 Å². The van der Waals surface area contributed by atoms with Crippen LogP contribution in [0.1, 0.15) is 32.1 Å². The van der Waals surface area contributed by atoms with Gasteiger partial charge in [-0.05, 0) is 0 Å². The molecule has 4 nitrogen and oxygen atoms in total. The van der Waals surface area contributed by atoms with Crippen molar-refractivity contribution >= 4 is 25.9 Å². The van der Waals surface area contributed by atoms with Gasteiger partial charge in [0.1, 0.15) is 0 Å². The molecular formula is C9H21AsO4S. The molecule has 6 heteroatoms. The van der Waals surface area contributed by atoms with E-state index in [9.17, 15) is 8.42 Å². The molecule has 0 saturated carbocycles. The first-order chi connectivity index (χ1) is 7.06. The van der Waals surface area contributed by atoms with Crippen LogP contribution in [-0.2, 0) is 10.1 Å². The summed E-state index contributed by atoms with van der Waals surface area (Å²) < 4.78 is 29.2. The minimum absolute atomic E-state index is 0.0147. The van der Waals surface area contributed by atoms with Crippen LogP contribution in [0.25, 0.3) is 0 Å². The Morgan fingerprint density at radius 1 is 0.933 bits per heavy atom. The van der Waals surface area contributed by atoms with Crippen molar-refractivity contribution in [1.29, 1.82) is 0 Å². The number of hydrogen-bond acceptors (Lipinski definition) is 3. The number of unbranched alkanes of at least 4 members (excludes halogenated alkanes) is 3. The van der Waals surface area contributed by atoms with Crippen molar-refractivity contribution in [1.82, 2.24) is 0 Å². The Balaban J connectivity index is 3.06. The molecule has 15 heavy (non-hydrogen) atoms. The predicted octanol–water partition coefficient (Wildman–Crippen LogP) is 1.09. The monoisotopic (exact) mass is 300 g/mol. The van der Waals surface area contributed by atoms with E-state index < -0.39 is 10.1 Å². The van der Waals surface area contributed by atoms with Crippen LogP contribution in [-0.4, -0.2) is 46.2 Å². The van der Waals surface area contributed by atoms with E-state index in [-0.39, 0.29) is 28.1 Å². The second-order valence-corrected chi connectivity index (χ2v) is 8.25. The summed E-state index contributed by atoms with van der Waals surface area (Å²) in [6.45, 7) is 0.282. The minimum atomic E-state index is -3.74. The molecule has 0 aliphatic rings. The summed E-state index contributed by atoms with van der Waals surface area (Å²) >= 11 is -0.0147. The molecule has 0 aromatic rings. The maximum absolute atomic E-state index is 10.4. The Kier molecular flexibility index (Phi) is 9.92. The van der Waals surface area contributed by atoms with Crippen LogP contribution in [0.5, 0.6) is 0 Å². The predicted molar refractivity (Wildman–Crippen MR) is 63.3 cm³/mol. The SMILES string of the molecule is O=S(=O)(O)CCC[AsH]CCCCCCO. The van der Waals surface area contributed by atoms with Gasteiger partial charge in [-0.25, -0.2) is 0 Å². The number of rotatable bonds is 10. The zero-order valence-electron chi connectivity index (χ0n) is 8.98. The second kappa shape index (κ2) is 9.64. The van der Waals surface area contributed by atoms with Crippen molar-refractivity contribution in [3.8, 4) is 0 Å². The first kappa shape index (κ1) is 15.4. The molecule has 0 aliphatic heterocycles. The van der Waals surface area contributed by atoms with Crippen molar-refractivity contribution in [2.24, 2.45) is 0 Å². The summed E-state index contributed by atoms with van der Waals surface area (Å²) in [7, 11) is -3.74. The Morgan fingerprint density at radius 2 is 1.53 bits per heavy atom. The molecule has 0 fully saturated rings. The van der Waals surface area contributed by atoms with Gasteiger partial charge in [0, 0.05) is 0 Å². The van der Waals surface area contributed by atoms with Crippen LogP contribution in [0.4, 0.5) is 0 Å². The third kappa shape index (κ3) is 14.4. The molecule has 0 aromatic carbocycles. The first-order valence-corrected chi connectivity index (χ1v) is 9.90. The van der Waals surface area contributed by atoms with Crippen molar-refractivity contribution in [2.45, 2.75) is 42.5 Å². The average molecular weight is 300 g/mol. The Hall–Kier alpha value is 0.428. The van der Waals surface area contributed by atoms with E-state index in [1.54, 1.807) is 0 Å². The Morgan fingerprint density at radius 3 is 2.13 bits per heavy atom. The van der Waals surface area contributed by atoms with Gasteiger partial charge in [0.2, 0.25) is 0 Å². The second-order valence-electron chi connectivity index (χ2n) is 3.53. The van der Waals surface area contributed by atoms with Gasteiger partial charge >= 0.3 is 98.8 Å². The molecule has 0 rings (SSSR count). The van der Waals surface area contributed by atoms with Gasteiger partial charge in [0.05, 0.1) is 0 Å². The van der Waals surface area contributed by atoms with Gasteiger partial charge in [-0.1, -0.05) is 0 Å². The van der Waals surface area contributed by atoms with Crippen molar-refractivity contribution in [2.75, 3.05) is 12.4 Å². The molecule has 0 heterocycles. The van der Waals surface area contributed by atoms with E-state index in [0.29, 0.717) is 6.42 Å². The third-order valence-corrected chi connectivity index (χ3v) is 5.79. The molecule has 1 unspecified atom stereocenters. The van der Waals surface area contributed by atoms with Gasteiger partial charge in [0.15, 0.2) is 0 Å². The molecule has 0 bridgehead atoms. The molecular weight excluding hydrogens is 279 g/mol. The summed E-state index contributed by atoms with van der Waals surface area (Å²) in [5.74, 6) is -0.0823. The maximum atomic E-state index is 10.4. The summed E-state index contributed by atoms with van der Waals surface area (Å²) in [5, 5.41) is 10.8. The summed E-state index contributed by atoms with van der Waals surface area (Å²) in [4.78, 5) is 0. The molecule has 0 radical (unpaired) electrons. The first-order valence-electron chi connectivity index (χ1n) is 5.33. The average Bonchev–Trinajstić information content (AvgIpc) is 2.14. The topological polar surface area (TPSA) is 74.6 Å². The van der Waals surface area contributed by atoms with Gasteiger partial charge in [-0.2, -0.15) is 0 Å². The van der Waals surface area contributed by atoms with Gasteiger partial charge in [-0.15, -0.1) is 0 Å².